The number of rotatable bonds is 1. The molecule has 1 aliphatic rings. The van der Waals surface area contributed by atoms with E-state index in [2.05, 4.69) is 9.97 Å². The van der Waals surface area contributed by atoms with Crippen LogP contribution in [0.3, 0.4) is 0 Å². The summed E-state index contributed by atoms with van der Waals surface area (Å²) in [6.07, 6.45) is 0. The third-order valence-corrected chi connectivity index (χ3v) is 3.66. The molecule has 17 heavy (non-hydrogen) atoms. The summed E-state index contributed by atoms with van der Waals surface area (Å²) >= 11 is 1.77. The first-order chi connectivity index (χ1) is 8.24. The maximum atomic E-state index is 13.1. The van der Waals surface area contributed by atoms with Gasteiger partial charge in [0.25, 0.3) is 0 Å². The fourth-order valence-electron chi connectivity index (χ4n) is 1.83. The highest BCUT2D eigenvalue weighted by Crippen LogP contribution is 2.33. The second kappa shape index (κ2) is 4.00. The molecular formula is C12H10FN3S. The number of hydrogen-bond acceptors (Lipinski definition) is 4. The molecule has 86 valence electrons. The van der Waals surface area contributed by atoms with Gasteiger partial charge in [-0.2, -0.15) is 11.8 Å². The molecule has 0 unspecified atom stereocenters. The monoisotopic (exact) mass is 247 g/mol. The lowest BCUT2D eigenvalue weighted by Crippen LogP contribution is -2.02. The number of thioether (sulfide) groups is 1. The van der Waals surface area contributed by atoms with Crippen molar-refractivity contribution >= 4 is 17.6 Å². The van der Waals surface area contributed by atoms with E-state index in [0.29, 0.717) is 17.2 Å². The van der Waals surface area contributed by atoms with Gasteiger partial charge in [0.2, 0.25) is 0 Å². The van der Waals surface area contributed by atoms with Crippen molar-refractivity contribution < 1.29 is 4.39 Å². The van der Waals surface area contributed by atoms with E-state index in [1.54, 1.807) is 23.9 Å². The summed E-state index contributed by atoms with van der Waals surface area (Å²) < 4.78 is 13.1. The zero-order valence-corrected chi connectivity index (χ0v) is 9.80. The highest BCUT2D eigenvalue weighted by molar-refractivity contribution is 7.98. The summed E-state index contributed by atoms with van der Waals surface area (Å²) in [5.74, 6) is 2.44. The van der Waals surface area contributed by atoms with Crippen LogP contribution in [-0.4, -0.2) is 9.97 Å². The summed E-state index contributed by atoms with van der Waals surface area (Å²) in [6.45, 7) is 0. The van der Waals surface area contributed by atoms with Crippen LogP contribution in [-0.2, 0) is 11.5 Å². The summed E-state index contributed by atoms with van der Waals surface area (Å²) in [5.41, 5.74) is 8.55. The summed E-state index contributed by atoms with van der Waals surface area (Å²) in [4.78, 5) is 8.69. The molecule has 1 aromatic heterocycles. The minimum Gasteiger partial charge on any atom is -0.383 e. The van der Waals surface area contributed by atoms with Gasteiger partial charge < -0.3 is 5.73 Å². The van der Waals surface area contributed by atoms with Gasteiger partial charge in [0.05, 0.1) is 5.69 Å². The molecule has 2 aromatic rings. The van der Waals surface area contributed by atoms with Crippen LogP contribution in [0.4, 0.5) is 10.2 Å². The van der Waals surface area contributed by atoms with Crippen LogP contribution in [0, 0.1) is 5.82 Å². The van der Waals surface area contributed by atoms with Crippen molar-refractivity contribution in [3.8, 4) is 11.4 Å². The van der Waals surface area contributed by atoms with Gasteiger partial charge in [0.1, 0.15) is 11.6 Å². The molecule has 3 rings (SSSR count). The number of hydrogen-bond donors (Lipinski definition) is 1. The molecule has 0 atom stereocenters. The first-order valence-electron chi connectivity index (χ1n) is 5.23. The predicted molar refractivity (Wildman–Crippen MR) is 66.8 cm³/mol. The summed E-state index contributed by atoms with van der Waals surface area (Å²) in [6, 6.07) is 6.25. The fraction of sp³-hybridized carbons (Fsp3) is 0.167. The number of aromatic nitrogens is 2. The van der Waals surface area contributed by atoms with E-state index in [1.807, 2.05) is 0 Å². The van der Waals surface area contributed by atoms with Gasteiger partial charge in [-0.3, -0.25) is 0 Å². The molecule has 0 saturated heterocycles. The summed E-state index contributed by atoms with van der Waals surface area (Å²) in [7, 11) is 0. The lowest BCUT2D eigenvalue weighted by Gasteiger charge is -2.06. The topological polar surface area (TPSA) is 51.8 Å². The van der Waals surface area contributed by atoms with E-state index in [4.69, 9.17) is 5.73 Å². The van der Waals surface area contributed by atoms with Crippen molar-refractivity contribution in [2.45, 2.75) is 11.5 Å². The van der Waals surface area contributed by atoms with Crippen molar-refractivity contribution in [2.24, 2.45) is 0 Å². The standard InChI is InChI=1S/C12H10FN3S/c13-8-3-1-2-7(4-8)12-15-10-6-17-5-9(10)11(14)16-12/h1-4H,5-6H2,(H2,14,15,16). The average Bonchev–Trinajstić information content (AvgIpc) is 2.77. The quantitative estimate of drug-likeness (QED) is 0.841. The molecule has 0 amide bonds. The number of nitrogens with zero attached hydrogens (tertiary/aromatic N) is 2. The first-order valence-corrected chi connectivity index (χ1v) is 6.38. The normalized spacial score (nSPS) is 13.7. The van der Waals surface area contributed by atoms with Crippen molar-refractivity contribution in [3.05, 3.63) is 41.3 Å². The third kappa shape index (κ3) is 1.86. The Labute approximate surface area is 102 Å². The number of nitrogens with two attached hydrogens (primary N) is 1. The van der Waals surface area contributed by atoms with Crippen LogP contribution >= 0.6 is 11.8 Å². The van der Waals surface area contributed by atoms with Crippen LogP contribution in [0.1, 0.15) is 11.3 Å². The Morgan fingerprint density at radius 2 is 2.12 bits per heavy atom. The average molecular weight is 247 g/mol. The second-order valence-corrected chi connectivity index (χ2v) is 4.85. The highest BCUT2D eigenvalue weighted by atomic mass is 32.2. The number of benzene rings is 1. The van der Waals surface area contributed by atoms with Crippen LogP contribution in [0.15, 0.2) is 24.3 Å². The van der Waals surface area contributed by atoms with Crippen LogP contribution in [0.25, 0.3) is 11.4 Å². The molecule has 3 nitrogen and oxygen atoms in total. The molecule has 0 saturated carbocycles. The zero-order chi connectivity index (χ0) is 11.8. The smallest absolute Gasteiger partial charge is 0.161 e. The van der Waals surface area contributed by atoms with Crippen molar-refractivity contribution in [1.29, 1.82) is 0 Å². The largest absolute Gasteiger partial charge is 0.383 e. The van der Waals surface area contributed by atoms with Gasteiger partial charge in [-0.15, -0.1) is 0 Å². The van der Waals surface area contributed by atoms with Crippen LogP contribution in [0.2, 0.25) is 0 Å². The number of anilines is 1. The van der Waals surface area contributed by atoms with Gasteiger partial charge in [0, 0.05) is 22.6 Å². The second-order valence-electron chi connectivity index (χ2n) is 3.86. The van der Waals surface area contributed by atoms with E-state index in [9.17, 15) is 4.39 Å². The minimum absolute atomic E-state index is 0.292. The molecule has 1 aromatic carbocycles. The van der Waals surface area contributed by atoms with Crippen LogP contribution in [0.5, 0.6) is 0 Å². The van der Waals surface area contributed by atoms with Gasteiger partial charge in [-0.25, -0.2) is 14.4 Å². The van der Waals surface area contributed by atoms with Crippen LogP contribution < -0.4 is 5.73 Å². The molecule has 0 bridgehead atoms. The zero-order valence-electron chi connectivity index (χ0n) is 8.98. The van der Waals surface area contributed by atoms with Gasteiger partial charge in [0.15, 0.2) is 5.82 Å². The highest BCUT2D eigenvalue weighted by Gasteiger charge is 2.18. The first kappa shape index (κ1) is 10.5. The molecule has 1 aliphatic heterocycles. The minimum atomic E-state index is -0.292. The van der Waals surface area contributed by atoms with Gasteiger partial charge in [-0.05, 0) is 12.1 Å². The number of nitrogen functional groups attached to an aromatic ring is 1. The molecule has 0 aliphatic carbocycles. The SMILES string of the molecule is Nc1nc(-c2cccc(F)c2)nc2c1CSC2. The number of fused-ring (bicyclic) bond motifs is 1. The Bertz CT molecular complexity index is 586. The number of halogens is 1. The third-order valence-electron chi connectivity index (χ3n) is 2.69. The molecule has 2 heterocycles. The Balaban J connectivity index is 2.13. The fourth-order valence-corrected chi connectivity index (χ4v) is 2.89. The maximum Gasteiger partial charge on any atom is 0.161 e. The molecule has 0 fully saturated rings. The van der Waals surface area contributed by atoms with E-state index in [0.717, 1.165) is 22.8 Å². The van der Waals surface area contributed by atoms with E-state index in [1.165, 1.54) is 12.1 Å². The Kier molecular flexibility index (Phi) is 2.48. The molecular weight excluding hydrogens is 237 g/mol. The van der Waals surface area contributed by atoms with E-state index in [-0.39, 0.29) is 5.82 Å². The van der Waals surface area contributed by atoms with Gasteiger partial charge in [-0.1, -0.05) is 12.1 Å². The van der Waals surface area contributed by atoms with E-state index >= 15 is 0 Å². The van der Waals surface area contributed by atoms with Gasteiger partial charge >= 0.3 is 0 Å². The van der Waals surface area contributed by atoms with Crippen molar-refractivity contribution in [3.63, 3.8) is 0 Å². The Hall–Kier alpha value is -1.62. The molecule has 0 radical (unpaired) electrons. The predicted octanol–water partition coefficient (Wildman–Crippen LogP) is 2.61. The molecule has 5 heteroatoms. The Morgan fingerprint density at radius 3 is 2.94 bits per heavy atom. The van der Waals surface area contributed by atoms with Crippen molar-refractivity contribution in [2.75, 3.05) is 5.73 Å². The Morgan fingerprint density at radius 1 is 1.24 bits per heavy atom. The lowest BCUT2D eigenvalue weighted by molar-refractivity contribution is 0.628. The molecule has 0 spiro atoms. The van der Waals surface area contributed by atoms with Crippen molar-refractivity contribution in [1.82, 2.24) is 9.97 Å². The molecule has 2 N–H and O–H groups in total. The maximum absolute atomic E-state index is 13.1. The lowest BCUT2D eigenvalue weighted by atomic mass is 10.2. The summed E-state index contributed by atoms with van der Waals surface area (Å²) in [5, 5.41) is 0. The van der Waals surface area contributed by atoms with E-state index < -0.39 is 0 Å².